The Labute approximate surface area is 221 Å². The van der Waals surface area contributed by atoms with E-state index in [-0.39, 0.29) is 58.6 Å². The fourth-order valence-corrected chi connectivity index (χ4v) is 5.71. The fraction of sp³-hybridized carbons (Fsp3) is 0.444. The molecule has 0 bridgehead atoms. The van der Waals surface area contributed by atoms with Crippen LogP contribution in [0.25, 0.3) is 11.3 Å². The molecule has 2 saturated heterocycles. The predicted molar refractivity (Wildman–Crippen MR) is 141 cm³/mol. The molecule has 2 aromatic rings. The molecule has 37 heavy (non-hydrogen) atoms. The van der Waals surface area contributed by atoms with Crippen molar-refractivity contribution in [3.63, 3.8) is 0 Å². The molecule has 0 radical (unpaired) electrons. The molecule has 8 nitrogen and oxygen atoms in total. The first kappa shape index (κ1) is 25.5. The van der Waals surface area contributed by atoms with Crippen LogP contribution in [0.4, 0.5) is 10.2 Å². The zero-order chi connectivity index (χ0) is 26.4. The highest BCUT2D eigenvalue weighted by atomic mass is 35.5. The van der Waals surface area contributed by atoms with Gasteiger partial charge in [-0.25, -0.2) is 9.37 Å². The van der Waals surface area contributed by atoms with Gasteiger partial charge in [-0.15, -0.1) is 0 Å². The van der Waals surface area contributed by atoms with Crippen LogP contribution in [0, 0.1) is 5.82 Å². The van der Waals surface area contributed by atoms with Gasteiger partial charge in [-0.1, -0.05) is 30.3 Å². The molecular formula is C27H31ClFN5O3. The van der Waals surface area contributed by atoms with E-state index in [4.69, 9.17) is 21.3 Å². The van der Waals surface area contributed by atoms with E-state index in [1.807, 2.05) is 0 Å². The lowest BCUT2D eigenvalue weighted by molar-refractivity contribution is -0.128. The number of hydrogen-bond acceptors (Lipinski definition) is 6. The highest BCUT2D eigenvalue weighted by molar-refractivity contribution is 6.35. The summed E-state index contributed by atoms with van der Waals surface area (Å²) in [5.74, 6) is -0.230. The Morgan fingerprint density at radius 3 is 2.62 bits per heavy atom. The topological polar surface area (TPSA) is 69.2 Å². The van der Waals surface area contributed by atoms with E-state index in [0.29, 0.717) is 37.6 Å². The zero-order valence-electron chi connectivity index (χ0n) is 21.3. The van der Waals surface area contributed by atoms with Crippen molar-refractivity contribution < 1.29 is 18.7 Å². The predicted octanol–water partition coefficient (Wildman–Crippen LogP) is 3.30. The van der Waals surface area contributed by atoms with Gasteiger partial charge in [0.1, 0.15) is 28.8 Å². The number of halogens is 2. The lowest BCUT2D eigenvalue weighted by Crippen LogP contribution is -2.58. The van der Waals surface area contributed by atoms with Crippen LogP contribution in [0.5, 0.6) is 5.75 Å². The van der Waals surface area contributed by atoms with Crippen molar-refractivity contribution in [3.8, 4) is 17.0 Å². The summed E-state index contributed by atoms with van der Waals surface area (Å²) >= 11 is 6.84. The van der Waals surface area contributed by atoms with Crippen LogP contribution < -0.4 is 9.64 Å². The van der Waals surface area contributed by atoms with E-state index in [0.717, 1.165) is 6.54 Å². The molecule has 2 amide bonds. The van der Waals surface area contributed by atoms with Gasteiger partial charge < -0.3 is 19.4 Å². The molecule has 0 aliphatic carbocycles. The van der Waals surface area contributed by atoms with Crippen LogP contribution in [0.1, 0.15) is 24.2 Å². The molecule has 3 atom stereocenters. The number of carbonyl (C=O) groups excluding carboxylic acids is 2. The molecule has 0 spiro atoms. The smallest absolute Gasteiger partial charge is 0.261 e. The summed E-state index contributed by atoms with van der Waals surface area (Å²) in [6.07, 6.45) is 1.28. The van der Waals surface area contributed by atoms with E-state index in [1.54, 1.807) is 28.0 Å². The standard InChI is InChI=1S/C27H31ClFN5O3/c1-5-21(35)32-11-13-34-18(14-32)15-37-25-22(27(34)36)26(33-12-10-31(4)16(2)17(33)3)30-24(23(25)28)19-8-6-7-9-20(19)29/h5-9,16-18H,1,10-15H2,2-4H3/t16-,17+,18-/m1/s1. The monoisotopic (exact) mass is 527 g/mol. The Bertz CT molecular complexity index is 1260. The minimum atomic E-state index is -0.460. The molecule has 1 aromatic heterocycles. The van der Waals surface area contributed by atoms with Crippen molar-refractivity contribution in [2.45, 2.75) is 32.0 Å². The van der Waals surface area contributed by atoms with E-state index in [2.05, 4.69) is 37.3 Å². The maximum absolute atomic E-state index is 14.9. The third-order valence-electron chi connectivity index (χ3n) is 7.92. The maximum atomic E-state index is 14.9. The van der Waals surface area contributed by atoms with Crippen LogP contribution in [-0.2, 0) is 4.79 Å². The minimum Gasteiger partial charge on any atom is -0.489 e. The van der Waals surface area contributed by atoms with E-state index < -0.39 is 5.82 Å². The molecule has 0 saturated carbocycles. The van der Waals surface area contributed by atoms with Gasteiger partial charge in [0.2, 0.25) is 5.91 Å². The third-order valence-corrected chi connectivity index (χ3v) is 8.27. The zero-order valence-corrected chi connectivity index (χ0v) is 22.0. The third kappa shape index (κ3) is 4.34. The highest BCUT2D eigenvalue weighted by Crippen LogP contribution is 2.44. The molecule has 3 aliphatic rings. The number of piperazine rings is 2. The Hall–Kier alpha value is -3.17. The van der Waals surface area contributed by atoms with E-state index in [1.165, 1.54) is 12.1 Å². The first-order valence-electron chi connectivity index (χ1n) is 12.5. The molecule has 0 N–H and O–H groups in total. The molecule has 3 aliphatic heterocycles. The lowest BCUT2D eigenvalue weighted by atomic mass is 10.0. The number of amides is 2. The van der Waals surface area contributed by atoms with Crippen LogP contribution in [0.3, 0.4) is 0 Å². The second kappa shape index (κ2) is 9.95. The number of fused-ring (bicyclic) bond motifs is 2. The normalized spacial score (nSPS) is 24.2. The van der Waals surface area contributed by atoms with Gasteiger partial charge in [0.25, 0.3) is 5.91 Å². The molecule has 5 rings (SSSR count). The van der Waals surface area contributed by atoms with E-state index >= 15 is 0 Å². The Morgan fingerprint density at radius 2 is 1.89 bits per heavy atom. The van der Waals surface area contributed by atoms with Gasteiger partial charge in [0.15, 0.2) is 5.75 Å². The molecule has 10 heteroatoms. The number of carbonyl (C=O) groups is 2. The molecule has 1 aromatic carbocycles. The summed E-state index contributed by atoms with van der Waals surface area (Å²) in [6, 6.07) is 6.17. The van der Waals surface area contributed by atoms with Crippen LogP contribution in [-0.4, -0.2) is 96.0 Å². The summed E-state index contributed by atoms with van der Waals surface area (Å²) in [6.45, 7) is 10.4. The number of anilines is 1. The minimum absolute atomic E-state index is 0.0268. The molecule has 2 fully saturated rings. The van der Waals surface area contributed by atoms with Crippen molar-refractivity contribution in [1.82, 2.24) is 19.7 Å². The first-order chi connectivity index (χ1) is 17.7. The van der Waals surface area contributed by atoms with E-state index in [9.17, 15) is 14.0 Å². The lowest BCUT2D eigenvalue weighted by Gasteiger charge is -2.45. The van der Waals surface area contributed by atoms with Crippen molar-refractivity contribution in [2.24, 2.45) is 0 Å². The summed E-state index contributed by atoms with van der Waals surface area (Å²) in [7, 11) is 2.07. The first-order valence-corrected chi connectivity index (χ1v) is 12.9. The SMILES string of the molecule is C=CC(=O)N1CCN2C(=O)c3c(N4CCN(C)[C@H](C)[C@@H]4C)nc(-c4ccccc4F)c(Cl)c3OC[C@H]2C1. The van der Waals surface area contributed by atoms with Gasteiger partial charge in [-0.05, 0) is 39.1 Å². The van der Waals surface area contributed by atoms with Crippen molar-refractivity contribution in [3.05, 3.63) is 53.3 Å². The number of nitrogens with zero attached hydrogens (tertiary/aromatic N) is 5. The second-order valence-electron chi connectivity index (χ2n) is 9.89. The summed E-state index contributed by atoms with van der Waals surface area (Å²) in [4.78, 5) is 39.0. The largest absolute Gasteiger partial charge is 0.489 e. The number of benzene rings is 1. The Kier molecular flexibility index (Phi) is 6.85. The molecule has 4 heterocycles. The van der Waals surface area contributed by atoms with Crippen molar-refractivity contribution in [1.29, 1.82) is 0 Å². The Morgan fingerprint density at radius 1 is 1.16 bits per heavy atom. The quantitative estimate of drug-likeness (QED) is 0.571. The molecular weight excluding hydrogens is 497 g/mol. The molecule has 0 unspecified atom stereocenters. The fourth-order valence-electron chi connectivity index (χ4n) is 5.42. The summed E-state index contributed by atoms with van der Waals surface area (Å²) in [5, 5.41) is 0.103. The average Bonchev–Trinajstić information content (AvgIpc) is 3.05. The van der Waals surface area contributed by atoms with Gasteiger partial charge in [0.05, 0.1) is 11.7 Å². The van der Waals surface area contributed by atoms with Crippen LogP contribution >= 0.6 is 11.6 Å². The number of pyridine rings is 1. The Balaban J connectivity index is 1.66. The van der Waals surface area contributed by atoms with Gasteiger partial charge >= 0.3 is 0 Å². The number of aromatic nitrogens is 1. The summed E-state index contributed by atoms with van der Waals surface area (Å²) in [5.41, 5.74) is 0.773. The van der Waals surface area contributed by atoms with Gasteiger partial charge in [-0.2, -0.15) is 0 Å². The van der Waals surface area contributed by atoms with Crippen molar-refractivity contribution in [2.75, 3.05) is 51.3 Å². The number of rotatable bonds is 3. The van der Waals surface area contributed by atoms with Gasteiger partial charge in [-0.3, -0.25) is 14.5 Å². The highest BCUT2D eigenvalue weighted by Gasteiger charge is 2.42. The average molecular weight is 528 g/mol. The summed E-state index contributed by atoms with van der Waals surface area (Å²) < 4.78 is 21.2. The van der Waals surface area contributed by atoms with Gasteiger partial charge in [0, 0.05) is 50.4 Å². The number of hydrogen-bond donors (Lipinski definition) is 0. The number of ether oxygens (including phenoxy) is 1. The van der Waals surface area contributed by atoms with Crippen LogP contribution in [0.2, 0.25) is 5.02 Å². The maximum Gasteiger partial charge on any atom is 0.261 e. The molecule has 196 valence electrons. The van der Waals surface area contributed by atoms with Crippen LogP contribution in [0.15, 0.2) is 36.9 Å². The number of likely N-dealkylation sites (N-methyl/N-ethyl adjacent to an activating group) is 1. The second-order valence-corrected chi connectivity index (χ2v) is 10.3. The van der Waals surface area contributed by atoms with Crippen molar-refractivity contribution >= 4 is 29.2 Å².